The van der Waals surface area contributed by atoms with E-state index in [4.69, 9.17) is 5.26 Å². The highest BCUT2D eigenvalue weighted by molar-refractivity contribution is 5.64. The van der Waals surface area contributed by atoms with Gasteiger partial charge in [0, 0.05) is 0 Å². The maximum absolute atomic E-state index is 13.8. The zero-order valence-corrected chi connectivity index (χ0v) is 18.6. The third-order valence-electron chi connectivity index (χ3n) is 6.07. The van der Waals surface area contributed by atoms with E-state index in [-0.39, 0.29) is 0 Å². The lowest BCUT2D eigenvalue weighted by Gasteiger charge is -2.12. The highest BCUT2D eigenvalue weighted by Gasteiger charge is 2.11. The number of aryl methyl sites for hydroxylation is 2. The van der Waals surface area contributed by atoms with Crippen LogP contribution in [0.2, 0.25) is 0 Å². The number of nitrogens with zero attached hydrogens (tertiary/aromatic N) is 1. The zero-order chi connectivity index (χ0) is 23.2. The molecule has 0 unspecified atom stereocenters. The summed E-state index contributed by atoms with van der Waals surface area (Å²) in [7, 11) is 0. The fourth-order valence-electron chi connectivity index (χ4n) is 4.12. The van der Waals surface area contributed by atoms with Crippen LogP contribution in [0.1, 0.15) is 40.7 Å². The quantitative estimate of drug-likeness (QED) is 0.291. The average molecular weight is 438 g/mol. The van der Waals surface area contributed by atoms with Crippen LogP contribution in [-0.2, 0) is 19.3 Å². The van der Waals surface area contributed by atoms with Gasteiger partial charge >= 0.3 is 0 Å². The van der Waals surface area contributed by atoms with Gasteiger partial charge in [0.05, 0.1) is 0 Å². The Morgan fingerprint density at radius 3 is 1.76 bits per heavy atom. The van der Waals surface area contributed by atoms with Crippen LogP contribution in [0.4, 0.5) is 8.78 Å². The normalized spacial score (nSPS) is 11.7. The fraction of sp³-hybridized carbons (Fsp3) is 0.167. The minimum atomic E-state index is -0.801. The number of halogens is 2. The second-order valence-electron chi connectivity index (χ2n) is 8.46. The summed E-state index contributed by atoms with van der Waals surface area (Å²) >= 11 is 0. The molecular weight excluding hydrogens is 412 g/mol. The van der Waals surface area contributed by atoms with Crippen LogP contribution in [0.25, 0.3) is 11.1 Å². The summed E-state index contributed by atoms with van der Waals surface area (Å²) in [6, 6.07) is 31.6. The van der Waals surface area contributed by atoms with Crippen LogP contribution in [-0.4, -0.2) is 0 Å². The minimum absolute atomic E-state index is 0.467. The molecule has 0 N–H and O–H groups in total. The first-order valence-corrected chi connectivity index (χ1v) is 11.1. The molecule has 0 radical (unpaired) electrons. The Morgan fingerprint density at radius 2 is 1.21 bits per heavy atom. The summed E-state index contributed by atoms with van der Waals surface area (Å²) in [6.45, 7) is 2.25. The molecule has 0 aliphatic heterocycles. The topological polar surface area (TPSA) is 23.8 Å². The summed E-state index contributed by atoms with van der Waals surface area (Å²) in [6.07, 6.45) is 2.17. The molecule has 0 spiro atoms. The molecule has 4 aromatic rings. The van der Waals surface area contributed by atoms with Crippen LogP contribution >= 0.6 is 0 Å². The second kappa shape index (κ2) is 10.2. The van der Waals surface area contributed by atoms with E-state index in [2.05, 4.69) is 79.7 Å². The fourth-order valence-corrected chi connectivity index (χ4v) is 4.12. The highest BCUT2D eigenvalue weighted by Crippen LogP contribution is 2.24. The number of benzene rings is 4. The van der Waals surface area contributed by atoms with Gasteiger partial charge in [-0.1, -0.05) is 85.8 Å². The molecule has 1 atom stereocenters. The lowest BCUT2D eigenvalue weighted by atomic mass is 9.92. The van der Waals surface area contributed by atoms with Crippen molar-refractivity contribution in [1.29, 1.82) is 5.26 Å². The van der Waals surface area contributed by atoms with E-state index in [1.54, 1.807) is 6.07 Å². The molecule has 4 aromatic carbocycles. The number of rotatable bonds is 7. The van der Waals surface area contributed by atoms with Gasteiger partial charge < -0.3 is 0 Å². The lowest BCUT2D eigenvalue weighted by molar-refractivity contribution is 0.573. The Balaban J connectivity index is 1.37. The van der Waals surface area contributed by atoms with Gasteiger partial charge in [-0.2, -0.15) is 5.26 Å². The molecule has 0 fully saturated rings. The molecule has 0 bridgehead atoms. The number of hydrogen-bond acceptors (Lipinski definition) is 1. The molecule has 0 saturated heterocycles. The van der Waals surface area contributed by atoms with E-state index >= 15 is 0 Å². The maximum Gasteiger partial charge on any atom is 0.144 e. The van der Waals surface area contributed by atoms with Crippen molar-refractivity contribution in [2.24, 2.45) is 0 Å². The zero-order valence-electron chi connectivity index (χ0n) is 18.6. The number of hydrogen-bond donors (Lipinski definition) is 0. The Hall–Kier alpha value is -3.77. The Bertz CT molecular complexity index is 1230. The molecule has 0 heterocycles. The summed E-state index contributed by atoms with van der Waals surface area (Å²) in [5.74, 6) is -1.14. The second-order valence-corrected chi connectivity index (χ2v) is 8.46. The average Bonchev–Trinajstić information content (AvgIpc) is 2.84. The molecule has 4 rings (SSSR count). The van der Waals surface area contributed by atoms with E-state index in [0.29, 0.717) is 24.3 Å². The highest BCUT2D eigenvalue weighted by atomic mass is 19.1. The van der Waals surface area contributed by atoms with Crippen molar-refractivity contribution in [3.8, 4) is 17.2 Å². The van der Waals surface area contributed by atoms with E-state index in [9.17, 15) is 8.78 Å². The number of nitriles is 1. The summed E-state index contributed by atoms with van der Waals surface area (Å²) in [5, 5.41) is 8.79. The molecule has 1 nitrogen and oxygen atoms in total. The maximum atomic E-state index is 13.8. The van der Waals surface area contributed by atoms with Gasteiger partial charge in [0.25, 0.3) is 0 Å². The standard InChI is InChI=1S/C30H25F2N/c1-21(25-5-3-2-4-6-25)17-23-11-15-27(16-12-23)26-13-9-22(10-14-26)7-8-24-18-29(31)28(20-33)30(32)19-24/h2-6,9-16,18-19,21H,7-8,17H2,1H3/t21-/m1/s1. The van der Waals surface area contributed by atoms with E-state index < -0.39 is 17.2 Å². The molecule has 3 heteroatoms. The van der Waals surface area contributed by atoms with Crippen molar-refractivity contribution < 1.29 is 8.78 Å². The summed E-state index contributed by atoms with van der Waals surface area (Å²) < 4.78 is 27.6. The largest absolute Gasteiger partial charge is 0.205 e. The Morgan fingerprint density at radius 1 is 0.697 bits per heavy atom. The predicted molar refractivity (Wildman–Crippen MR) is 129 cm³/mol. The van der Waals surface area contributed by atoms with Gasteiger partial charge in [-0.05, 0) is 70.7 Å². The van der Waals surface area contributed by atoms with E-state index in [1.807, 2.05) is 6.07 Å². The first kappa shape index (κ1) is 22.4. The van der Waals surface area contributed by atoms with Gasteiger partial charge in [-0.25, -0.2) is 8.78 Å². The molecule has 164 valence electrons. The third kappa shape index (κ3) is 5.54. The molecule has 33 heavy (non-hydrogen) atoms. The van der Waals surface area contributed by atoms with Crippen LogP contribution in [0.5, 0.6) is 0 Å². The van der Waals surface area contributed by atoms with E-state index in [1.165, 1.54) is 23.3 Å². The van der Waals surface area contributed by atoms with Crippen LogP contribution in [0, 0.1) is 23.0 Å². The van der Waals surface area contributed by atoms with Gasteiger partial charge in [0.2, 0.25) is 0 Å². The smallest absolute Gasteiger partial charge is 0.144 e. The van der Waals surface area contributed by atoms with Crippen LogP contribution in [0.15, 0.2) is 91.0 Å². The van der Waals surface area contributed by atoms with Crippen LogP contribution in [0.3, 0.4) is 0 Å². The van der Waals surface area contributed by atoms with Gasteiger partial charge in [0.15, 0.2) is 0 Å². The molecule has 0 amide bonds. The van der Waals surface area contributed by atoms with Crippen molar-refractivity contribution in [3.63, 3.8) is 0 Å². The van der Waals surface area contributed by atoms with Crippen molar-refractivity contribution >= 4 is 0 Å². The first-order valence-electron chi connectivity index (χ1n) is 11.1. The monoisotopic (exact) mass is 437 g/mol. The van der Waals surface area contributed by atoms with Crippen molar-refractivity contribution in [2.75, 3.05) is 0 Å². The van der Waals surface area contributed by atoms with Gasteiger partial charge in [-0.3, -0.25) is 0 Å². The molecule has 0 aliphatic rings. The third-order valence-corrected chi connectivity index (χ3v) is 6.07. The summed E-state index contributed by atoms with van der Waals surface area (Å²) in [4.78, 5) is 0. The van der Waals surface area contributed by atoms with E-state index in [0.717, 1.165) is 23.1 Å². The SMILES string of the molecule is C[C@H](Cc1ccc(-c2ccc(CCc3cc(F)c(C#N)c(F)c3)cc2)cc1)c1ccccc1. The van der Waals surface area contributed by atoms with Crippen LogP contribution < -0.4 is 0 Å². The first-order chi connectivity index (χ1) is 16.0. The predicted octanol–water partition coefficient (Wildman–Crippen LogP) is 7.63. The van der Waals surface area contributed by atoms with Gasteiger partial charge in [0.1, 0.15) is 23.3 Å². The molecule has 0 aromatic heterocycles. The lowest BCUT2D eigenvalue weighted by Crippen LogP contribution is -1.98. The molecule has 0 saturated carbocycles. The minimum Gasteiger partial charge on any atom is -0.205 e. The Labute approximate surface area is 194 Å². The Kier molecular flexibility index (Phi) is 6.95. The molecular formula is C30H25F2N. The molecule has 0 aliphatic carbocycles. The van der Waals surface area contributed by atoms with Crippen molar-refractivity contribution in [2.45, 2.75) is 32.1 Å². The van der Waals surface area contributed by atoms with Crippen molar-refractivity contribution in [3.05, 3.63) is 130 Å². The van der Waals surface area contributed by atoms with Gasteiger partial charge in [-0.15, -0.1) is 0 Å². The van der Waals surface area contributed by atoms with Crippen molar-refractivity contribution in [1.82, 2.24) is 0 Å². The summed E-state index contributed by atoms with van der Waals surface area (Å²) in [5.41, 5.74) is 6.08.